The monoisotopic (exact) mass is 591 g/mol. The van der Waals surface area contributed by atoms with Crippen LogP contribution in [0, 0.1) is 0 Å². The third-order valence-electron chi connectivity index (χ3n) is 6.36. The van der Waals surface area contributed by atoms with E-state index in [1.807, 2.05) is 48.5 Å². The number of amidine groups is 2. The highest BCUT2D eigenvalue weighted by Crippen LogP contribution is 2.34. The van der Waals surface area contributed by atoms with E-state index in [2.05, 4.69) is 20.6 Å². The molecule has 0 bridgehead atoms. The van der Waals surface area contributed by atoms with E-state index in [0.29, 0.717) is 44.5 Å². The smallest absolute Gasteiger partial charge is 0.259 e. The van der Waals surface area contributed by atoms with Gasteiger partial charge < -0.3 is 20.1 Å². The lowest BCUT2D eigenvalue weighted by Gasteiger charge is -2.25. The summed E-state index contributed by atoms with van der Waals surface area (Å²) in [6, 6.07) is 18.7. The molecule has 12 heteroatoms. The number of thioether (sulfide) groups is 1. The molecule has 2 aliphatic rings. The topological polar surface area (TPSA) is 122 Å². The first-order chi connectivity index (χ1) is 19.9. The fourth-order valence-electron chi connectivity index (χ4n) is 4.39. The van der Waals surface area contributed by atoms with Crippen LogP contribution in [0.4, 0.5) is 11.4 Å². The third kappa shape index (κ3) is 6.21. The molecular formula is C29H26ClN5O5S. The number of halogens is 1. The largest absolute Gasteiger partial charge is 0.496 e. The molecule has 1 atom stereocenters. The maximum Gasteiger partial charge on any atom is 0.259 e. The highest BCUT2D eigenvalue weighted by Gasteiger charge is 2.42. The Morgan fingerprint density at radius 2 is 1.76 bits per heavy atom. The second-order valence-corrected chi connectivity index (χ2v) is 10.4. The summed E-state index contributed by atoms with van der Waals surface area (Å²) in [5.41, 5.74) is 2.64. The van der Waals surface area contributed by atoms with Crippen LogP contribution in [0.25, 0.3) is 0 Å². The highest BCUT2D eigenvalue weighted by atomic mass is 35.5. The number of hydrogen-bond donors (Lipinski definition) is 2. The Labute approximate surface area is 245 Å². The molecule has 0 aliphatic carbocycles. The van der Waals surface area contributed by atoms with E-state index in [1.54, 1.807) is 25.3 Å². The van der Waals surface area contributed by atoms with Crippen LogP contribution in [0.1, 0.15) is 17.5 Å². The molecule has 3 aromatic carbocycles. The molecular weight excluding hydrogens is 566 g/mol. The molecule has 0 aromatic heterocycles. The molecule has 3 amide bonds. The van der Waals surface area contributed by atoms with Crippen molar-refractivity contribution in [3.05, 3.63) is 82.9 Å². The van der Waals surface area contributed by atoms with Crippen LogP contribution in [0.2, 0.25) is 5.02 Å². The Kier molecular flexibility index (Phi) is 8.55. The van der Waals surface area contributed by atoms with Gasteiger partial charge in [0, 0.05) is 23.4 Å². The Bertz CT molecular complexity index is 1580. The second-order valence-electron chi connectivity index (χ2n) is 9.03. The number of amides is 3. The van der Waals surface area contributed by atoms with Crippen molar-refractivity contribution in [2.75, 3.05) is 25.3 Å². The van der Waals surface area contributed by atoms with Crippen molar-refractivity contribution >= 4 is 63.5 Å². The maximum atomic E-state index is 13.5. The first-order valence-electron chi connectivity index (χ1n) is 12.6. The zero-order chi connectivity index (χ0) is 28.9. The number of rotatable bonds is 9. The van der Waals surface area contributed by atoms with Gasteiger partial charge in [-0.15, -0.1) is 0 Å². The molecule has 10 nitrogen and oxygen atoms in total. The van der Waals surface area contributed by atoms with Gasteiger partial charge in [-0.25, -0.2) is 9.89 Å². The van der Waals surface area contributed by atoms with Crippen molar-refractivity contribution in [1.82, 2.24) is 10.2 Å². The van der Waals surface area contributed by atoms with Crippen molar-refractivity contribution in [3.63, 3.8) is 0 Å². The summed E-state index contributed by atoms with van der Waals surface area (Å²) in [6.07, 6.45) is -0.132. The predicted octanol–water partition coefficient (Wildman–Crippen LogP) is 4.39. The molecule has 0 radical (unpaired) electrons. The molecule has 0 spiro atoms. The minimum atomic E-state index is -0.921. The Hall–Kier alpha value is -4.35. The summed E-state index contributed by atoms with van der Waals surface area (Å²) < 4.78 is 10.5. The number of carbonyl (C=O) groups is 3. The van der Waals surface area contributed by atoms with Gasteiger partial charge in [-0.05, 0) is 36.4 Å². The van der Waals surface area contributed by atoms with Gasteiger partial charge in [0.1, 0.15) is 23.4 Å². The Morgan fingerprint density at radius 3 is 2.54 bits per heavy atom. The van der Waals surface area contributed by atoms with Crippen LogP contribution in [0.5, 0.6) is 11.5 Å². The van der Waals surface area contributed by atoms with Crippen LogP contribution in [-0.4, -0.2) is 59.6 Å². The summed E-state index contributed by atoms with van der Waals surface area (Å²) >= 11 is 7.26. The molecule has 0 fully saturated rings. The lowest BCUT2D eigenvalue weighted by molar-refractivity contribution is -0.128. The predicted molar refractivity (Wildman–Crippen MR) is 159 cm³/mol. The van der Waals surface area contributed by atoms with Gasteiger partial charge >= 0.3 is 0 Å². The summed E-state index contributed by atoms with van der Waals surface area (Å²) in [6.45, 7) is 0.254. The molecule has 0 saturated heterocycles. The molecule has 5 rings (SSSR count). The summed E-state index contributed by atoms with van der Waals surface area (Å²) in [5.74, 6) is 0.535. The second kappa shape index (κ2) is 12.4. The van der Waals surface area contributed by atoms with E-state index in [-0.39, 0.29) is 36.4 Å². The SMILES string of the molecule is COc1ccc(NC(=O)CSC2=Nc3ccccc3C3=N[C@@H](CC(=O)NCc4ccccc4OC)C(=O)N23)cc1Cl. The zero-order valence-electron chi connectivity index (χ0n) is 22.2. The van der Waals surface area contributed by atoms with Crippen LogP contribution in [-0.2, 0) is 20.9 Å². The average molecular weight is 592 g/mol. The number of anilines is 1. The zero-order valence-corrected chi connectivity index (χ0v) is 23.8. The van der Waals surface area contributed by atoms with E-state index in [4.69, 9.17) is 21.1 Å². The van der Waals surface area contributed by atoms with Crippen molar-refractivity contribution in [2.45, 2.75) is 19.0 Å². The first-order valence-corrected chi connectivity index (χ1v) is 14.0. The lowest BCUT2D eigenvalue weighted by Crippen LogP contribution is -2.42. The van der Waals surface area contributed by atoms with Crippen molar-refractivity contribution < 1.29 is 23.9 Å². The van der Waals surface area contributed by atoms with E-state index < -0.39 is 6.04 Å². The van der Waals surface area contributed by atoms with Gasteiger partial charge in [-0.2, -0.15) is 0 Å². The molecule has 2 N–H and O–H groups in total. The normalized spacial score (nSPS) is 15.3. The number of ether oxygens (including phenoxy) is 2. The number of hydrogen-bond acceptors (Lipinski definition) is 8. The standard InChI is InChI=1S/C29H26ClN5O5S/c1-39-23-10-6-3-7-17(23)15-31-25(36)14-22-28(38)35-27(33-22)19-8-4-5-9-21(19)34-29(35)41-16-26(37)32-18-11-12-24(40-2)20(30)13-18/h3-13,22H,14-16H2,1-2H3,(H,31,36)(H,32,37)/t22-/m0/s1. The van der Waals surface area contributed by atoms with Gasteiger partial charge in [-0.3, -0.25) is 19.4 Å². The fourth-order valence-corrected chi connectivity index (χ4v) is 5.45. The number of para-hydroxylation sites is 2. The molecule has 2 aliphatic heterocycles. The van der Waals surface area contributed by atoms with Crippen molar-refractivity contribution in [1.29, 1.82) is 0 Å². The average Bonchev–Trinajstić information content (AvgIpc) is 3.30. The van der Waals surface area contributed by atoms with Crippen LogP contribution >= 0.6 is 23.4 Å². The maximum absolute atomic E-state index is 13.5. The molecule has 210 valence electrons. The first kappa shape index (κ1) is 28.2. The van der Waals surface area contributed by atoms with Crippen molar-refractivity contribution in [3.8, 4) is 11.5 Å². The highest BCUT2D eigenvalue weighted by molar-refractivity contribution is 8.14. The molecule has 3 aromatic rings. The number of methoxy groups -OCH3 is 2. The number of benzene rings is 3. The van der Waals surface area contributed by atoms with Gasteiger partial charge in [0.25, 0.3) is 5.91 Å². The van der Waals surface area contributed by atoms with Crippen LogP contribution < -0.4 is 20.1 Å². The minimum Gasteiger partial charge on any atom is -0.496 e. The number of fused-ring (bicyclic) bond motifs is 3. The van der Waals surface area contributed by atoms with Gasteiger partial charge in [-0.1, -0.05) is 53.7 Å². The van der Waals surface area contributed by atoms with Crippen LogP contribution in [0.15, 0.2) is 76.7 Å². The van der Waals surface area contributed by atoms with Crippen LogP contribution in [0.3, 0.4) is 0 Å². The molecule has 41 heavy (non-hydrogen) atoms. The van der Waals surface area contributed by atoms with Gasteiger partial charge in [0.2, 0.25) is 11.8 Å². The lowest BCUT2D eigenvalue weighted by atomic mass is 10.1. The van der Waals surface area contributed by atoms with Gasteiger partial charge in [0.05, 0.1) is 37.1 Å². The van der Waals surface area contributed by atoms with Gasteiger partial charge in [0.15, 0.2) is 5.17 Å². The number of nitrogens with zero attached hydrogens (tertiary/aromatic N) is 3. The number of carbonyl (C=O) groups excluding carboxylic acids is 3. The molecule has 0 unspecified atom stereocenters. The fraction of sp³-hybridized carbons (Fsp3) is 0.207. The summed E-state index contributed by atoms with van der Waals surface area (Å²) in [4.78, 5) is 49.7. The van der Waals surface area contributed by atoms with E-state index >= 15 is 0 Å². The summed E-state index contributed by atoms with van der Waals surface area (Å²) in [7, 11) is 3.08. The quantitative estimate of drug-likeness (QED) is 0.381. The number of nitrogens with one attached hydrogen (secondary N) is 2. The molecule has 2 heterocycles. The Morgan fingerprint density at radius 1 is 1.00 bits per heavy atom. The van der Waals surface area contributed by atoms with E-state index in [0.717, 1.165) is 17.3 Å². The van der Waals surface area contributed by atoms with E-state index in [9.17, 15) is 14.4 Å². The minimum absolute atomic E-state index is 0.0221. The third-order valence-corrected chi connectivity index (χ3v) is 7.60. The Balaban J connectivity index is 1.27. The summed E-state index contributed by atoms with van der Waals surface area (Å²) in [5, 5.41) is 6.31. The number of aliphatic imine (C=N–C) groups is 2. The molecule has 0 saturated carbocycles. The van der Waals surface area contributed by atoms with E-state index in [1.165, 1.54) is 12.0 Å². The van der Waals surface area contributed by atoms with Crippen molar-refractivity contribution in [2.24, 2.45) is 9.98 Å².